The van der Waals surface area contributed by atoms with Gasteiger partial charge in [0.15, 0.2) is 21.3 Å². The van der Waals surface area contributed by atoms with Crippen molar-refractivity contribution >= 4 is 27.3 Å². The van der Waals surface area contributed by atoms with Crippen LogP contribution in [0.15, 0.2) is 12.1 Å². The molecule has 0 atom stereocenters. The Morgan fingerprint density at radius 1 is 1.07 bits per heavy atom. The lowest BCUT2D eigenvalue weighted by Crippen LogP contribution is -2.27. The molecule has 0 aromatic heterocycles. The lowest BCUT2D eigenvalue weighted by Gasteiger charge is -2.18. The zero-order chi connectivity index (χ0) is 20.6. The Morgan fingerprint density at radius 3 is 2.19 bits per heavy atom. The van der Waals surface area contributed by atoms with E-state index in [1.54, 1.807) is 14.1 Å². The zero-order valence-corrected chi connectivity index (χ0v) is 17.3. The predicted molar refractivity (Wildman–Crippen MR) is 104 cm³/mol. The van der Waals surface area contributed by atoms with Crippen LogP contribution >= 0.6 is 0 Å². The molecule has 152 valence electrons. The maximum Gasteiger partial charge on any atom is 0.255 e. The van der Waals surface area contributed by atoms with Crippen LogP contribution < -0.4 is 14.8 Å². The molecule has 0 aliphatic carbocycles. The third-order valence-electron chi connectivity index (χ3n) is 3.84. The molecule has 1 aromatic carbocycles. The van der Waals surface area contributed by atoms with Gasteiger partial charge in [-0.25, -0.2) is 8.42 Å². The summed E-state index contributed by atoms with van der Waals surface area (Å²) in [6, 6.07) is 2.89. The van der Waals surface area contributed by atoms with Crippen LogP contribution in [-0.4, -0.2) is 65.0 Å². The van der Waals surface area contributed by atoms with Gasteiger partial charge < -0.3 is 19.7 Å². The van der Waals surface area contributed by atoms with Crippen LogP contribution in [-0.2, 0) is 14.6 Å². The number of sulfone groups is 1. The summed E-state index contributed by atoms with van der Waals surface area (Å²) in [6.07, 6.45) is 2.20. The van der Waals surface area contributed by atoms with E-state index in [0.717, 1.165) is 12.8 Å². The first-order valence-electron chi connectivity index (χ1n) is 8.63. The second kappa shape index (κ2) is 10.1. The SMILES string of the molecule is CCCCCS(=O)(=O)CC(=O)Nc1cc(OC)c(OC)cc1C(=O)N(C)C. The molecule has 0 bridgehead atoms. The van der Waals surface area contributed by atoms with Crippen LogP contribution in [0, 0.1) is 0 Å². The molecule has 0 aliphatic rings. The molecule has 2 amide bonds. The summed E-state index contributed by atoms with van der Waals surface area (Å²) < 4.78 is 34.6. The number of carbonyl (C=O) groups is 2. The Morgan fingerprint density at radius 2 is 1.67 bits per heavy atom. The molecule has 0 saturated carbocycles. The van der Waals surface area contributed by atoms with Crippen molar-refractivity contribution in [3.8, 4) is 11.5 Å². The highest BCUT2D eigenvalue weighted by atomic mass is 32.2. The average molecular weight is 400 g/mol. The summed E-state index contributed by atoms with van der Waals surface area (Å²) in [5, 5.41) is 2.52. The number of ether oxygens (including phenoxy) is 2. The van der Waals surface area contributed by atoms with E-state index < -0.39 is 21.5 Å². The van der Waals surface area contributed by atoms with Crippen molar-refractivity contribution < 1.29 is 27.5 Å². The summed E-state index contributed by atoms with van der Waals surface area (Å²) in [4.78, 5) is 26.1. The van der Waals surface area contributed by atoms with E-state index in [1.807, 2.05) is 6.92 Å². The largest absolute Gasteiger partial charge is 0.493 e. The molecular formula is C18H28N2O6S. The smallest absolute Gasteiger partial charge is 0.255 e. The Hall–Kier alpha value is -2.29. The molecule has 8 nitrogen and oxygen atoms in total. The number of rotatable bonds is 10. The van der Waals surface area contributed by atoms with Gasteiger partial charge in [-0.05, 0) is 12.5 Å². The van der Waals surface area contributed by atoms with E-state index in [-0.39, 0.29) is 22.9 Å². The number of anilines is 1. The lowest BCUT2D eigenvalue weighted by molar-refractivity contribution is -0.113. The van der Waals surface area contributed by atoms with E-state index in [1.165, 1.54) is 31.3 Å². The van der Waals surface area contributed by atoms with Crippen LogP contribution in [0.3, 0.4) is 0 Å². The molecule has 9 heteroatoms. The van der Waals surface area contributed by atoms with Crippen LogP contribution in [0.4, 0.5) is 5.69 Å². The minimum absolute atomic E-state index is 0.0380. The maximum atomic E-state index is 12.4. The van der Waals surface area contributed by atoms with Crippen molar-refractivity contribution in [2.24, 2.45) is 0 Å². The van der Waals surface area contributed by atoms with Crippen molar-refractivity contribution in [2.75, 3.05) is 45.1 Å². The molecule has 0 heterocycles. The topological polar surface area (TPSA) is 102 Å². The Bertz CT molecular complexity index is 774. The first kappa shape index (κ1) is 22.8. The fourth-order valence-electron chi connectivity index (χ4n) is 2.43. The Labute approximate surface area is 160 Å². The van der Waals surface area contributed by atoms with Crippen LogP contribution in [0.1, 0.15) is 36.5 Å². The van der Waals surface area contributed by atoms with E-state index >= 15 is 0 Å². The monoisotopic (exact) mass is 400 g/mol. The number of amides is 2. The number of benzene rings is 1. The molecule has 0 radical (unpaired) electrons. The number of hydrogen-bond donors (Lipinski definition) is 1. The van der Waals surface area contributed by atoms with Gasteiger partial charge in [0, 0.05) is 20.2 Å². The Balaban J connectivity index is 3.09. The van der Waals surface area contributed by atoms with Crippen molar-refractivity contribution in [3.05, 3.63) is 17.7 Å². The minimum Gasteiger partial charge on any atom is -0.493 e. The minimum atomic E-state index is -3.51. The fraction of sp³-hybridized carbons (Fsp3) is 0.556. The Kier molecular flexibility index (Phi) is 8.55. The molecule has 0 fully saturated rings. The highest BCUT2D eigenvalue weighted by Crippen LogP contribution is 2.34. The molecule has 0 spiro atoms. The molecule has 1 N–H and O–H groups in total. The van der Waals surface area contributed by atoms with Crippen LogP contribution in [0.2, 0.25) is 0 Å². The summed E-state index contributed by atoms with van der Waals surface area (Å²) in [5.41, 5.74) is 0.342. The first-order chi connectivity index (χ1) is 12.6. The fourth-order valence-corrected chi connectivity index (χ4v) is 3.69. The summed E-state index contributed by atoms with van der Waals surface area (Å²) in [6.45, 7) is 1.97. The second-order valence-electron chi connectivity index (χ2n) is 6.30. The van der Waals surface area contributed by atoms with E-state index in [9.17, 15) is 18.0 Å². The summed E-state index contributed by atoms with van der Waals surface area (Å²) >= 11 is 0. The third kappa shape index (κ3) is 6.74. The van der Waals surface area contributed by atoms with Gasteiger partial charge >= 0.3 is 0 Å². The number of unbranched alkanes of at least 4 members (excludes halogenated alkanes) is 2. The van der Waals surface area contributed by atoms with Crippen LogP contribution in [0.25, 0.3) is 0 Å². The highest BCUT2D eigenvalue weighted by molar-refractivity contribution is 7.92. The number of hydrogen-bond acceptors (Lipinski definition) is 6. The normalized spacial score (nSPS) is 11.0. The number of carbonyl (C=O) groups excluding carboxylic acids is 2. The number of nitrogens with one attached hydrogen (secondary N) is 1. The van der Waals surface area contributed by atoms with Gasteiger partial charge in [-0.3, -0.25) is 9.59 Å². The van der Waals surface area contributed by atoms with Gasteiger partial charge in [-0.1, -0.05) is 19.8 Å². The zero-order valence-electron chi connectivity index (χ0n) is 16.5. The lowest BCUT2D eigenvalue weighted by atomic mass is 10.1. The van der Waals surface area contributed by atoms with Crippen molar-refractivity contribution in [1.29, 1.82) is 0 Å². The van der Waals surface area contributed by atoms with E-state index in [4.69, 9.17) is 9.47 Å². The van der Waals surface area contributed by atoms with E-state index in [2.05, 4.69) is 5.32 Å². The van der Waals surface area contributed by atoms with Crippen molar-refractivity contribution in [1.82, 2.24) is 4.90 Å². The van der Waals surface area contributed by atoms with Crippen molar-refractivity contribution in [3.63, 3.8) is 0 Å². The van der Waals surface area contributed by atoms with Gasteiger partial charge in [0.05, 0.1) is 31.2 Å². The second-order valence-corrected chi connectivity index (χ2v) is 8.48. The molecule has 0 aliphatic heterocycles. The number of nitrogens with zero attached hydrogens (tertiary/aromatic N) is 1. The molecule has 1 rings (SSSR count). The van der Waals surface area contributed by atoms with Crippen LogP contribution in [0.5, 0.6) is 11.5 Å². The number of methoxy groups -OCH3 is 2. The van der Waals surface area contributed by atoms with Gasteiger partial charge in [0.25, 0.3) is 5.91 Å². The molecular weight excluding hydrogens is 372 g/mol. The third-order valence-corrected chi connectivity index (χ3v) is 5.46. The molecule has 0 saturated heterocycles. The highest BCUT2D eigenvalue weighted by Gasteiger charge is 2.22. The predicted octanol–water partition coefficient (Wildman–Crippen LogP) is 1.95. The quantitative estimate of drug-likeness (QED) is 0.602. The summed E-state index contributed by atoms with van der Waals surface area (Å²) in [7, 11) is 2.49. The van der Waals surface area contributed by atoms with Gasteiger partial charge in [0.2, 0.25) is 5.91 Å². The van der Waals surface area contributed by atoms with E-state index in [0.29, 0.717) is 17.9 Å². The first-order valence-corrected chi connectivity index (χ1v) is 10.4. The molecule has 1 aromatic rings. The molecule has 27 heavy (non-hydrogen) atoms. The average Bonchev–Trinajstić information content (AvgIpc) is 2.60. The van der Waals surface area contributed by atoms with Gasteiger partial charge in [0.1, 0.15) is 5.75 Å². The van der Waals surface area contributed by atoms with Gasteiger partial charge in [-0.15, -0.1) is 0 Å². The summed E-state index contributed by atoms with van der Waals surface area (Å²) in [5.74, 6) is -1.10. The maximum absolute atomic E-state index is 12.4. The van der Waals surface area contributed by atoms with Gasteiger partial charge in [-0.2, -0.15) is 0 Å². The standard InChI is InChI=1S/C18H28N2O6S/c1-6-7-8-9-27(23,24)12-17(21)19-14-11-16(26-5)15(25-4)10-13(14)18(22)20(2)3/h10-11H,6-9,12H2,1-5H3,(H,19,21). The van der Waals surface area contributed by atoms with Crippen molar-refractivity contribution in [2.45, 2.75) is 26.2 Å². The molecule has 0 unspecified atom stereocenters.